The van der Waals surface area contributed by atoms with Crippen molar-refractivity contribution >= 4 is 17.7 Å². The number of rotatable bonds is 8. The summed E-state index contributed by atoms with van der Waals surface area (Å²) in [6.45, 7) is 16.6. The highest BCUT2D eigenvalue weighted by Gasteiger charge is 2.66. The molecule has 1 aliphatic carbocycles. The normalized spacial score (nSPS) is 28.9. The highest BCUT2D eigenvalue weighted by molar-refractivity contribution is 5.98. The Balaban J connectivity index is 2.34. The summed E-state index contributed by atoms with van der Waals surface area (Å²) in [6.07, 6.45) is 4.23. The van der Waals surface area contributed by atoms with Crippen LogP contribution in [0.2, 0.25) is 0 Å². The van der Waals surface area contributed by atoms with E-state index in [1.807, 2.05) is 19.9 Å². The van der Waals surface area contributed by atoms with Gasteiger partial charge in [0.2, 0.25) is 5.78 Å². The van der Waals surface area contributed by atoms with Gasteiger partial charge in [-0.15, -0.1) is 0 Å². The van der Waals surface area contributed by atoms with Gasteiger partial charge in [-0.3, -0.25) is 4.79 Å². The van der Waals surface area contributed by atoms with Crippen molar-refractivity contribution in [3.8, 4) is 0 Å². The van der Waals surface area contributed by atoms with Gasteiger partial charge in [0.1, 0.15) is 6.10 Å². The van der Waals surface area contributed by atoms with Crippen molar-refractivity contribution in [2.75, 3.05) is 0 Å². The van der Waals surface area contributed by atoms with Crippen molar-refractivity contribution in [3.05, 3.63) is 47.1 Å². The molecule has 0 bridgehead atoms. The summed E-state index contributed by atoms with van der Waals surface area (Å²) in [5.41, 5.74) is 1.59. The molecule has 2 aliphatic rings. The van der Waals surface area contributed by atoms with E-state index in [2.05, 4.69) is 6.58 Å². The monoisotopic (exact) mass is 430 g/mol. The van der Waals surface area contributed by atoms with E-state index in [0.717, 1.165) is 5.57 Å². The summed E-state index contributed by atoms with van der Waals surface area (Å²) in [5, 5.41) is 0. The van der Waals surface area contributed by atoms with Gasteiger partial charge >= 0.3 is 11.9 Å². The zero-order valence-corrected chi connectivity index (χ0v) is 19.6. The minimum absolute atomic E-state index is 0.253. The Bertz CT molecular complexity index is 857. The molecule has 0 amide bonds. The van der Waals surface area contributed by atoms with Crippen LogP contribution in [0, 0.1) is 5.92 Å². The highest BCUT2D eigenvalue weighted by atomic mass is 16.6. The summed E-state index contributed by atoms with van der Waals surface area (Å²) in [6, 6.07) is 0. The number of ether oxygens (including phenoxy) is 3. The molecule has 0 radical (unpaired) electrons. The van der Waals surface area contributed by atoms with Crippen molar-refractivity contribution < 1.29 is 28.6 Å². The molecule has 1 heterocycles. The molecule has 6 heteroatoms. The smallest absolute Gasteiger partial charge is 0.334 e. The highest BCUT2D eigenvalue weighted by Crippen LogP contribution is 2.50. The van der Waals surface area contributed by atoms with E-state index >= 15 is 0 Å². The molecule has 1 unspecified atom stereocenters. The Kier molecular flexibility index (Phi) is 7.82. The maximum Gasteiger partial charge on any atom is 0.334 e. The molecule has 2 rings (SSSR count). The van der Waals surface area contributed by atoms with Gasteiger partial charge in [0, 0.05) is 23.5 Å². The lowest BCUT2D eigenvalue weighted by Crippen LogP contribution is -2.49. The van der Waals surface area contributed by atoms with E-state index in [-0.39, 0.29) is 11.9 Å². The minimum Gasteiger partial charge on any atom is -0.454 e. The Hall–Kier alpha value is -2.47. The van der Waals surface area contributed by atoms with Gasteiger partial charge in [-0.1, -0.05) is 30.4 Å². The van der Waals surface area contributed by atoms with Crippen LogP contribution in [0.1, 0.15) is 61.3 Å². The fourth-order valence-electron chi connectivity index (χ4n) is 3.57. The first-order valence-electron chi connectivity index (χ1n) is 10.7. The number of fused-ring (bicyclic) bond motifs is 1. The molecule has 2 fully saturated rings. The lowest BCUT2D eigenvalue weighted by molar-refractivity contribution is -0.157. The number of esters is 2. The van der Waals surface area contributed by atoms with E-state index in [1.54, 1.807) is 46.8 Å². The Morgan fingerprint density at radius 2 is 1.74 bits per heavy atom. The van der Waals surface area contributed by atoms with E-state index in [9.17, 15) is 14.4 Å². The molecule has 0 aromatic heterocycles. The van der Waals surface area contributed by atoms with Crippen LogP contribution >= 0.6 is 0 Å². The molecule has 6 nitrogen and oxygen atoms in total. The first-order valence-corrected chi connectivity index (χ1v) is 10.7. The van der Waals surface area contributed by atoms with Gasteiger partial charge in [0.15, 0.2) is 11.7 Å². The summed E-state index contributed by atoms with van der Waals surface area (Å²) in [7, 11) is 0. The van der Waals surface area contributed by atoms with Gasteiger partial charge in [0.25, 0.3) is 0 Å². The molecule has 0 aromatic carbocycles. The van der Waals surface area contributed by atoms with Gasteiger partial charge in [0.05, 0.1) is 6.10 Å². The van der Waals surface area contributed by atoms with Gasteiger partial charge < -0.3 is 14.2 Å². The molecular weight excluding hydrogens is 396 g/mol. The van der Waals surface area contributed by atoms with E-state index in [0.29, 0.717) is 29.6 Å². The molecule has 0 N–H and O–H groups in total. The summed E-state index contributed by atoms with van der Waals surface area (Å²) in [5.74, 6) is -1.77. The topological polar surface area (TPSA) is 82.2 Å². The molecular formula is C25H34O6. The molecule has 1 saturated carbocycles. The number of hydrogen-bond donors (Lipinski definition) is 0. The summed E-state index contributed by atoms with van der Waals surface area (Å²) >= 11 is 0. The van der Waals surface area contributed by atoms with Crippen LogP contribution in [0.5, 0.6) is 0 Å². The van der Waals surface area contributed by atoms with Crippen LogP contribution in [0.4, 0.5) is 0 Å². The average Bonchev–Trinajstić information content (AvgIpc) is 3.42. The lowest BCUT2D eigenvalue weighted by atomic mass is 9.74. The standard InChI is InChI=1S/C25H34O6/c1-9-15(5)23(27)29-19(12-11-14(3)4)17(7)18-13-20-25(8,31-20)22(26)21(18)30-24(28)16(6)10-2/h9-11,18-21H,7,12-13H2,1-6,8H3/b15-9-,16-10-/t18?,19-,20-,21-,25-/m0/s1. The first kappa shape index (κ1) is 24.8. The largest absolute Gasteiger partial charge is 0.454 e. The SMILES string of the molecule is C=C(C1C[C@@H]2O[C@]2(C)C(=O)[C@H]1OC(=O)/C(C)=C\C)[C@H](CC=C(C)C)OC(=O)/C(C)=C\C. The fraction of sp³-hybridized carbons (Fsp3) is 0.560. The Morgan fingerprint density at radius 1 is 1.16 bits per heavy atom. The second kappa shape index (κ2) is 9.77. The van der Waals surface area contributed by atoms with Crippen LogP contribution in [-0.4, -0.2) is 41.6 Å². The van der Waals surface area contributed by atoms with Gasteiger partial charge in [-0.25, -0.2) is 9.59 Å². The maximum absolute atomic E-state index is 13.1. The van der Waals surface area contributed by atoms with Crippen LogP contribution in [0.3, 0.4) is 0 Å². The van der Waals surface area contributed by atoms with Crippen LogP contribution < -0.4 is 0 Å². The predicted octanol–water partition coefficient (Wildman–Crippen LogP) is 4.40. The van der Waals surface area contributed by atoms with Crippen LogP contribution in [0.15, 0.2) is 47.1 Å². The number of ketones is 1. The van der Waals surface area contributed by atoms with Crippen LogP contribution in [-0.2, 0) is 28.6 Å². The molecule has 0 spiro atoms. The predicted molar refractivity (Wildman–Crippen MR) is 118 cm³/mol. The molecule has 0 aromatic rings. The Labute approximate surface area is 185 Å². The van der Waals surface area contributed by atoms with Crippen LogP contribution in [0.25, 0.3) is 0 Å². The number of hydrogen-bond acceptors (Lipinski definition) is 6. The number of carbonyl (C=O) groups excluding carboxylic acids is 3. The van der Waals surface area contributed by atoms with Crippen molar-refractivity contribution in [2.24, 2.45) is 5.92 Å². The molecule has 31 heavy (non-hydrogen) atoms. The maximum atomic E-state index is 13.1. The van der Waals surface area contributed by atoms with Crippen molar-refractivity contribution in [1.82, 2.24) is 0 Å². The van der Waals surface area contributed by atoms with Crippen molar-refractivity contribution in [2.45, 2.75) is 85.2 Å². The number of Topliss-reactive ketones (excluding diaryl/α,β-unsaturated/α-hetero) is 1. The Morgan fingerprint density at radius 3 is 2.29 bits per heavy atom. The zero-order chi connectivity index (χ0) is 23.5. The summed E-state index contributed by atoms with van der Waals surface area (Å²) < 4.78 is 17.0. The minimum atomic E-state index is -1.03. The zero-order valence-electron chi connectivity index (χ0n) is 19.6. The molecule has 1 aliphatic heterocycles. The number of epoxide rings is 1. The quantitative estimate of drug-likeness (QED) is 0.246. The van der Waals surface area contributed by atoms with Crippen molar-refractivity contribution in [1.29, 1.82) is 0 Å². The summed E-state index contributed by atoms with van der Waals surface area (Å²) in [4.78, 5) is 38.0. The third kappa shape index (κ3) is 5.42. The number of carbonyl (C=O) groups is 3. The van der Waals surface area contributed by atoms with E-state index in [1.165, 1.54) is 0 Å². The molecule has 170 valence electrons. The van der Waals surface area contributed by atoms with Gasteiger partial charge in [-0.05, 0) is 60.5 Å². The van der Waals surface area contributed by atoms with Gasteiger partial charge in [-0.2, -0.15) is 0 Å². The lowest BCUT2D eigenvalue weighted by Gasteiger charge is -2.34. The third-order valence-corrected chi connectivity index (χ3v) is 6.15. The second-order valence-corrected chi connectivity index (χ2v) is 8.68. The second-order valence-electron chi connectivity index (χ2n) is 8.68. The van der Waals surface area contributed by atoms with E-state index < -0.39 is 35.7 Å². The molecule has 1 saturated heterocycles. The first-order chi connectivity index (χ1) is 14.5. The number of allylic oxidation sites excluding steroid dienone is 3. The fourth-order valence-corrected chi connectivity index (χ4v) is 3.57. The third-order valence-electron chi connectivity index (χ3n) is 6.15. The van der Waals surface area contributed by atoms with Crippen molar-refractivity contribution in [3.63, 3.8) is 0 Å². The average molecular weight is 431 g/mol. The molecule has 5 atom stereocenters. The van der Waals surface area contributed by atoms with E-state index in [4.69, 9.17) is 14.2 Å².